The summed E-state index contributed by atoms with van der Waals surface area (Å²) in [6, 6.07) is 16.8. The van der Waals surface area contributed by atoms with Crippen molar-refractivity contribution < 1.29 is 9.59 Å². The Kier molecular flexibility index (Phi) is 8.20. The van der Waals surface area contributed by atoms with Gasteiger partial charge in [0.15, 0.2) is 5.78 Å². The third-order valence-corrected chi connectivity index (χ3v) is 9.11. The van der Waals surface area contributed by atoms with E-state index in [4.69, 9.17) is 0 Å². The molecule has 1 fully saturated rings. The standard InChI is InChI=1S/C32H37N3O2S/c1-21-7-6-8-22(2)35(21)19-32(37)34-29(18-26-20-38-31-10-5-4-9-28(26)31)30(36)14-12-24-11-13-27-23(3)33-16-15-25(27)17-24/h4-5,9-11,13,15-17,20-22,29H,6-8,12,14,18-19H2,1-3H3,(H,34,37)/t21-,22+,29-/m0/s1. The second-order valence-electron chi connectivity index (χ2n) is 10.8. The number of fused-ring (bicyclic) bond motifs is 2. The number of hydrogen-bond donors (Lipinski definition) is 1. The van der Waals surface area contributed by atoms with Gasteiger partial charge in [-0.1, -0.05) is 42.8 Å². The number of hydrogen-bond acceptors (Lipinski definition) is 5. The smallest absolute Gasteiger partial charge is 0.234 e. The molecule has 38 heavy (non-hydrogen) atoms. The molecule has 1 saturated heterocycles. The number of pyridine rings is 1. The first-order valence-electron chi connectivity index (χ1n) is 13.8. The molecule has 0 aliphatic carbocycles. The third-order valence-electron chi connectivity index (χ3n) is 8.10. The Hall–Kier alpha value is -3.09. The van der Waals surface area contributed by atoms with Gasteiger partial charge in [-0.25, -0.2) is 0 Å². The van der Waals surface area contributed by atoms with E-state index in [9.17, 15) is 9.59 Å². The number of nitrogens with one attached hydrogen (secondary N) is 1. The number of piperidine rings is 1. The Morgan fingerprint density at radius 3 is 2.68 bits per heavy atom. The van der Waals surface area contributed by atoms with Crippen LogP contribution in [0.4, 0.5) is 0 Å². The minimum atomic E-state index is -0.539. The first-order valence-corrected chi connectivity index (χ1v) is 14.6. The summed E-state index contributed by atoms with van der Waals surface area (Å²) in [5.74, 6) is 0.0246. The monoisotopic (exact) mass is 527 g/mol. The van der Waals surface area contributed by atoms with Gasteiger partial charge < -0.3 is 5.32 Å². The summed E-state index contributed by atoms with van der Waals surface area (Å²) in [6.07, 6.45) is 6.81. The highest BCUT2D eigenvalue weighted by Gasteiger charge is 2.28. The number of carbonyl (C=O) groups excluding carboxylic acids is 2. The van der Waals surface area contributed by atoms with E-state index in [1.807, 2.05) is 31.3 Å². The quantitative estimate of drug-likeness (QED) is 0.279. The Balaban J connectivity index is 1.31. The van der Waals surface area contributed by atoms with Crippen molar-refractivity contribution >= 4 is 43.9 Å². The number of ketones is 1. The molecule has 1 aliphatic heterocycles. The second-order valence-corrected chi connectivity index (χ2v) is 11.7. The fraction of sp³-hybridized carbons (Fsp3) is 0.406. The second kappa shape index (κ2) is 11.7. The third kappa shape index (κ3) is 5.97. The SMILES string of the molecule is Cc1nccc2cc(CCC(=O)[C@H](Cc3csc4ccccc34)NC(=O)CN3[C@H](C)CCC[C@@H]3C)ccc12. The number of likely N-dealkylation sites (tertiary alicyclic amines) is 1. The van der Waals surface area contributed by atoms with Crippen LogP contribution in [-0.4, -0.2) is 46.2 Å². The van der Waals surface area contributed by atoms with Crippen molar-refractivity contribution in [3.8, 4) is 0 Å². The van der Waals surface area contributed by atoms with Gasteiger partial charge in [-0.3, -0.25) is 19.5 Å². The normalized spacial score (nSPS) is 19.0. The van der Waals surface area contributed by atoms with Crippen LogP contribution < -0.4 is 5.32 Å². The maximum Gasteiger partial charge on any atom is 0.234 e. The van der Waals surface area contributed by atoms with Crippen molar-refractivity contribution in [3.05, 3.63) is 76.9 Å². The highest BCUT2D eigenvalue weighted by atomic mass is 32.1. The van der Waals surface area contributed by atoms with Gasteiger partial charge >= 0.3 is 0 Å². The number of aromatic nitrogens is 1. The van der Waals surface area contributed by atoms with Crippen molar-refractivity contribution in [1.29, 1.82) is 0 Å². The lowest BCUT2D eigenvalue weighted by Crippen LogP contribution is -2.51. The van der Waals surface area contributed by atoms with Crippen LogP contribution in [-0.2, 0) is 22.4 Å². The molecule has 3 heterocycles. The van der Waals surface area contributed by atoms with E-state index in [0.717, 1.165) is 40.4 Å². The maximum absolute atomic E-state index is 13.6. The number of amides is 1. The van der Waals surface area contributed by atoms with Crippen LogP contribution in [0.25, 0.3) is 20.9 Å². The number of aryl methyl sites for hydroxylation is 2. The van der Waals surface area contributed by atoms with Gasteiger partial charge in [0.2, 0.25) is 5.91 Å². The van der Waals surface area contributed by atoms with Crippen LogP contribution in [0.2, 0.25) is 0 Å². The van der Waals surface area contributed by atoms with Crippen LogP contribution in [0.1, 0.15) is 56.4 Å². The first-order chi connectivity index (χ1) is 18.4. The number of rotatable bonds is 9. The van der Waals surface area contributed by atoms with E-state index in [2.05, 4.69) is 64.8 Å². The lowest BCUT2D eigenvalue weighted by molar-refractivity contribution is -0.129. The van der Waals surface area contributed by atoms with Gasteiger partial charge in [0.05, 0.1) is 12.6 Å². The predicted octanol–water partition coefficient (Wildman–Crippen LogP) is 6.25. The minimum absolute atomic E-state index is 0.0582. The van der Waals surface area contributed by atoms with E-state index in [0.29, 0.717) is 37.9 Å². The van der Waals surface area contributed by atoms with E-state index >= 15 is 0 Å². The van der Waals surface area contributed by atoms with Gasteiger partial charge in [0.25, 0.3) is 0 Å². The van der Waals surface area contributed by atoms with Crippen LogP contribution in [0.5, 0.6) is 0 Å². The summed E-state index contributed by atoms with van der Waals surface area (Å²) in [5.41, 5.74) is 3.25. The van der Waals surface area contributed by atoms with E-state index in [1.54, 1.807) is 11.3 Å². The van der Waals surface area contributed by atoms with Crippen molar-refractivity contribution in [1.82, 2.24) is 15.2 Å². The minimum Gasteiger partial charge on any atom is -0.345 e. The number of benzene rings is 2. The van der Waals surface area contributed by atoms with Crippen molar-refractivity contribution in [2.45, 2.75) is 77.4 Å². The molecular weight excluding hydrogens is 490 g/mol. The first kappa shape index (κ1) is 26.5. The number of Topliss-reactive ketones (excluding diaryl/α,β-unsaturated/α-hetero) is 1. The summed E-state index contributed by atoms with van der Waals surface area (Å²) in [4.78, 5) is 33.5. The number of nitrogens with zero attached hydrogens (tertiary/aromatic N) is 2. The maximum atomic E-state index is 13.6. The summed E-state index contributed by atoms with van der Waals surface area (Å²) in [7, 11) is 0. The molecule has 0 radical (unpaired) electrons. The highest BCUT2D eigenvalue weighted by Crippen LogP contribution is 2.27. The Labute approximate surface area is 229 Å². The summed E-state index contributed by atoms with van der Waals surface area (Å²) in [5, 5.41) is 8.72. The molecule has 0 saturated carbocycles. The summed E-state index contributed by atoms with van der Waals surface area (Å²) < 4.78 is 1.21. The van der Waals surface area contributed by atoms with Crippen molar-refractivity contribution in [2.24, 2.45) is 0 Å². The Morgan fingerprint density at radius 2 is 1.87 bits per heavy atom. The van der Waals surface area contributed by atoms with Crippen molar-refractivity contribution in [3.63, 3.8) is 0 Å². The molecule has 1 aliphatic rings. The molecule has 0 spiro atoms. The molecular formula is C32H37N3O2S. The van der Waals surface area contributed by atoms with E-state index in [-0.39, 0.29) is 11.7 Å². The summed E-state index contributed by atoms with van der Waals surface area (Å²) in [6.45, 7) is 6.75. The number of carbonyl (C=O) groups is 2. The molecule has 1 N–H and O–H groups in total. The molecule has 198 valence electrons. The zero-order chi connectivity index (χ0) is 26.6. The predicted molar refractivity (Wildman–Crippen MR) is 157 cm³/mol. The van der Waals surface area contributed by atoms with Crippen molar-refractivity contribution in [2.75, 3.05) is 6.54 Å². The Bertz CT molecular complexity index is 1440. The van der Waals surface area contributed by atoms with Crippen LogP contribution in [0, 0.1) is 6.92 Å². The summed E-state index contributed by atoms with van der Waals surface area (Å²) >= 11 is 1.69. The fourth-order valence-electron chi connectivity index (χ4n) is 5.82. The van der Waals surface area contributed by atoms with Gasteiger partial charge in [-0.05, 0) is 79.4 Å². The molecule has 3 atom stereocenters. The molecule has 0 unspecified atom stereocenters. The van der Waals surface area contributed by atoms with Gasteiger partial charge in [-0.15, -0.1) is 11.3 Å². The van der Waals surface area contributed by atoms with Crippen LogP contribution in [0.3, 0.4) is 0 Å². The van der Waals surface area contributed by atoms with Gasteiger partial charge in [0, 0.05) is 46.9 Å². The molecule has 2 aromatic carbocycles. The van der Waals surface area contributed by atoms with E-state index < -0.39 is 6.04 Å². The van der Waals surface area contributed by atoms with Crippen LogP contribution in [0.15, 0.2) is 60.1 Å². The molecule has 6 heteroatoms. The van der Waals surface area contributed by atoms with E-state index in [1.165, 1.54) is 16.5 Å². The molecule has 2 aromatic heterocycles. The average molecular weight is 528 g/mol. The molecule has 0 bridgehead atoms. The molecule has 5 nitrogen and oxygen atoms in total. The lowest BCUT2D eigenvalue weighted by atomic mass is 9.96. The average Bonchev–Trinajstić information content (AvgIpc) is 3.32. The molecule has 4 aromatic rings. The topological polar surface area (TPSA) is 62.3 Å². The zero-order valence-electron chi connectivity index (χ0n) is 22.6. The molecule has 5 rings (SSSR count). The lowest BCUT2D eigenvalue weighted by Gasteiger charge is -2.38. The van der Waals surface area contributed by atoms with Gasteiger partial charge in [0.1, 0.15) is 0 Å². The Morgan fingerprint density at radius 1 is 1.08 bits per heavy atom. The largest absolute Gasteiger partial charge is 0.345 e. The molecule has 1 amide bonds. The zero-order valence-corrected chi connectivity index (χ0v) is 23.4. The highest BCUT2D eigenvalue weighted by molar-refractivity contribution is 7.17. The fourth-order valence-corrected chi connectivity index (χ4v) is 6.80. The number of thiophene rings is 1. The van der Waals surface area contributed by atoms with Gasteiger partial charge in [-0.2, -0.15) is 0 Å². The van der Waals surface area contributed by atoms with Crippen LogP contribution >= 0.6 is 11.3 Å².